The molecule has 17 heavy (non-hydrogen) atoms. The van der Waals surface area contributed by atoms with Crippen LogP contribution in [0.2, 0.25) is 0 Å². The van der Waals surface area contributed by atoms with Gasteiger partial charge in [-0.1, -0.05) is 12.1 Å². The van der Waals surface area contributed by atoms with E-state index in [1.807, 2.05) is 31.3 Å². The number of nitrogens with two attached hydrogens (primary N) is 1. The third-order valence-corrected chi connectivity index (χ3v) is 2.68. The summed E-state index contributed by atoms with van der Waals surface area (Å²) in [5, 5.41) is 0. The first-order chi connectivity index (χ1) is 7.88. The highest BCUT2D eigenvalue weighted by atomic mass is 15.2. The van der Waals surface area contributed by atoms with Crippen molar-refractivity contribution in [3.8, 4) is 0 Å². The summed E-state index contributed by atoms with van der Waals surface area (Å²) in [5.74, 6) is 0.954. The maximum atomic E-state index is 6.00. The summed E-state index contributed by atoms with van der Waals surface area (Å²) < 4.78 is 0. The van der Waals surface area contributed by atoms with Crippen LogP contribution < -0.4 is 10.6 Å². The van der Waals surface area contributed by atoms with Gasteiger partial charge in [-0.15, -0.1) is 6.58 Å². The second-order valence-corrected chi connectivity index (χ2v) is 5.28. The van der Waals surface area contributed by atoms with Gasteiger partial charge < -0.3 is 10.6 Å². The minimum atomic E-state index is -0.0200. The number of anilines is 1. The second-order valence-electron chi connectivity index (χ2n) is 5.28. The Morgan fingerprint density at radius 3 is 2.65 bits per heavy atom. The maximum Gasteiger partial charge on any atom is 0.133 e. The fourth-order valence-corrected chi connectivity index (χ4v) is 1.80. The van der Waals surface area contributed by atoms with Crippen molar-refractivity contribution in [2.45, 2.75) is 39.3 Å². The van der Waals surface area contributed by atoms with Crippen LogP contribution in [0.1, 0.15) is 39.3 Å². The molecule has 0 spiro atoms. The van der Waals surface area contributed by atoms with E-state index in [2.05, 4.69) is 37.2 Å². The van der Waals surface area contributed by atoms with Gasteiger partial charge in [-0.3, -0.25) is 0 Å². The Hall–Kier alpha value is -1.35. The lowest BCUT2D eigenvalue weighted by Crippen LogP contribution is -2.43. The molecule has 3 heteroatoms. The zero-order valence-corrected chi connectivity index (χ0v) is 11.3. The van der Waals surface area contributed by atoms with Crippen molar-refractivity contribution in [3.05, 3.63) is 36.5 Å². The molecule has 0 saturated heterocycles. The second kappa shape index (κ2) is 5.32. The fourth-order valence-electron chi connectivity index (χ4n) is 1.80. The Morgan fingerprint density at radius 1 is 1.53 bits per heavy atom. The molecule has 0 amide bonds. The summed E-state index contributed by atoms with van der Waals surface area (Å²) in [6.45, 7) is 13.0. The predicted octanol–water partition coefficient (Wildman–Crippen LogP) is 2.89. The summed E-state index contributed by atoms with van der Waals surface area (Å²) in [6.07, 6.45) is 3.70. The van der Waals surface area contributed by atoms with Gasteiger partial charge in [0.05, 0.1) is 0 Å². The van der Waals surface area contributed by atoms with Crippen molar-refractivity contribution >= 4 is 5.82 Å². The van der Waals surface area contributed by atoms with Gasteiger partial charge in [0, 0.05) is 29.9 Å². The number of pyridine rings is 1. The minimum Gasteiger partial charge on any atom is -0.348 e. The standard InChI is InChI=1S/C14H23N3/c1-6-10-17(14(3,4)5)13-12(11(2)15)8-7-9-16-13/h6-9,11H,1,10,15H2,2-5H3/t11-/m1/s1. The molecule has 1 atom stereocenters. The molecule has 2 N–H and O–H groups in total. The first kappa shape index (κ1) is 13.7. The lowest BCUT2D eigenvalue weighted by atomic mass is 10.0. The molecule has 1 heterocycles. The summed E-state index contributed by atoms with van der Waals surface area (Å²) in [7, 11) is 0. The van der Waals surface area contributed by atoms with Crippen LogP contribution in [0.5, 0.6) is 0 Å². The molecule has 0 fully saturated rings. The van der Waals surface area contributed by atoms with Gasteiger partial charge >= 0.3 is 0 Å². The first-order valence-corrected chi connectivity index (χ1v) is 5.97. The molecule has 0 saturated carbocycles. The van der Waals surface area contributed by atoms with Crippen molar-refractivity contribution in [3.63, 3.8) is 0 Å². The lowest BCUT2D eigenvalue weighted by molar-refractivity contribution is 0.514. The number of hydrogen-bond acceptors (Lipinski definition) is 3. The van der Waals surface area contributed by atoms with Gasteiger partial charge in [0.15, 0.2) is 0 Å². The molecule has 3 nitrogen and oxygen atoms in total. The molecule has 0 unspecified atom stereocenters. The molecule has 94 valence electrons. The van der Waals surface area contributed by atoms with Crippen LogP contribution in [0, 0.1) is 0 Å². The Bertz CT molecular complexity index is 377. The van der Waals surface area contributed by atoms with Gasteiger partial charge in [-0.2, -0.15) is 0 Å². The smallest absolute Gasteiger partial charge is 0.133 e. The molecule has 1 rings (SSSR count). The highest BCUT2D eigenvalue weighted by Crippen LogP contribution is 2.27. The van der Waals surface area contributed by atoms with Gasteiger partial charge in [0.1, 0.15) is 5.82 Å². The zero-order chi connectivity index (χ0) is 13.1. The molecule has 0 aliphatic carbocycles. The van der Waals surface area contributed by atoms with E-state index in [0.717, 1.165) is 17.9 Å². The van der Waals surface area contributed by atoms with E-state index in [1.54, 1.807) is 0 Å². The van der Waals surface area contributed by atoms with E-state index >= 15 is 0 Å². The molecule has 1 aromatic heterocycles. The molecule has 0 aliphatic rings. The van der Waals surface area contributed by atoms with Crippen molar-refractivity contribution in [2.24, 2.45) is 5.73 Å². The van der Waals surface area contributed by atoms with Crippen LogP contribution >= 0.6 is 0 Å². The third kappa shape index (κ3) is 3.30. The quantitative estimate of drug-likeness (QED) is 0.813. The number of aromatic nitrogens is 1. The maximum absolute atomic E-state index is 6.00. The zero-order valence-electron chi connectivity index (χ0n) is 11.3. The Balaban J connectivity index is 3.23. The Kier molecular flexibility index (Phi) is 4.29. The van der Waals surface area contributed by atoms with Crippen molar-refractivity contribution in [2.75, 3.05) is 11.4 Å². The average Bonchev–Trinajstić information content (AvgIpc) is 2.24. The summed E-state index contributed by atoms with van der Waals surface area (Å²) in [6, 6.07) is 3.94. The van der Waals surface area contributed by atoms with Crippen molar-refractivity contribution in [1.29, 1.82) is 0 Å². The molecule has 0 aromatic carbocycles. The minimum absolute atomic E-state index is 0.00775. The molecular formula is C14H23N3. The van der Waals surface area contributed by atoms with E-state index in [-0.39, 0.29) is 11.6 Å². The SMILES string of the molecule is C=CCN(c1ncccc1[C@@H](C)N)C(C)(C)C. The summed E-state index contributed by atoms with van der Waals surface area (Å²) >= 11 is 0. The van der Waals surface area contributed by atoms with Crippen LogP contribution in [0.4, 0.5) is 5.82 Å². The van der Waals surface area contributed by atoms with Gasteiger partial charge in [-0.05, 0) is 33.8 Å². The van der Waals surface area contributed by atoms with Crippen LogP contribution in [0.3, 0.4) is 0 Å². The predicted molar refractivity (Wildman–Crippen MR) is 74.1 cm³/mol. The summed E-state index contributed by atoms with van der Waals surface area (Å²) in [5.41, 5.74) is 7.06. The lowest BCUT2D eigenvalue weighted by Gasteiger charge is -2.37. The molecular weight excluding hydrogens is 210 g/mol. The van der Waals surface area contributed by atoms with E-state index in [9.17, 15) is 0 Å². The van der Waals surface area contributed by atoms with Crippen LogP contribution in [-0.4, -0.2) is 17.1 Å². The van der Waals surface area contributed by atoms with E-state index in [1.165, 1.54) is 0 Å². The van der Waals surface area contributed by atoms with Crippen molar-refractivity contribution < 1.29 is 0 Å². The fraction of sp³-hybridized carbons (Fsp3) is 0.500. The van der Waals surface area contributed by atoms with Crippen LogP contribution in [0.15, 0.2) is 31.0 Å². The van der Waals surface area contributed by atoms with E-state index < -0.39 is 0 Å². The first-order valence-electron chi connectivity index (χ1n) is 5.97. The molecule has 0 bridgehead atoms. The topological polar surface area (TPSA) is 42.2 Å². The molecule has 0 radical (unpaired) electrons. The molecule has 1 aromatic rings. The van der Waals surface area contributed by atoms with Gasteiger partial charge in [0.25, 0.3) is 0 Å². The normalized spacial score (nSPS) is 13.2. The highest BCUT2D eigenvalue weighted by Gasteiger charge is 2.24. The number of nitrogens with zero attached hydrogens (tertiary/aromatic N) is 2. The Morgan fingerprint density at radius 2 is 2.18 bits per heavy atom. The number of rotatable bonds is 4. The summed E-state index contributed by atoms with van der Waals surface area (Å²) in [4.78, 5) is 6.70. The Labute approximate surface area is 104 Å². The van der Waals surface area contributed by atoms with Crippen molar-refractivity contribution in [1.82, 2.24) is 4.98 Å². The van der Waals surface area contributed by atoms with Crippen LogP contribution in [0.25, 0.3) is 0 Å². The molecule has 0 aliphatic heterocycles. The highest BCUT2D eigenvalue weighted by molar-refractivity contribution is 5.50. The van der Waals surface area contributed by atoms with Crippen LogP contribution in [-0.2, 0) is 0 Å². The van der Waals surface area contributed by atoms with Gasteiger partial charge in [0.2, 0.25) is 0 Å². The monoisotopic (exact) mass is 233 g/mol. The third-order valence-electron chi connectivity index (χ3n) is 2.68. The number of hydrogen-bond donors (Lipinski definition) is 1. The van der Waals surface area contributed by atoms with Gasteiger partial charge in [-0.25, -0.2) is 4.98 Å². The van der Waals surface area contributed by atoms with E-state index in [0.29, 0.717) is 0 Å². The average molecular weight is 233 g/mol. The largest absolute Gasteiger partial charge is 0.348 e. The van der Waals surface area contributed by atoms with E-state index in [4.69, 9.17) is 5.73 Å².